The third-order valence-corrected chi connectivity index (χ3v) is 1.49. The summed E-state index contributed by atoms with van der Waals surface area (Å²) >= 11 is 0. The topological polar surface area (TPSA) is 43.1 Å². The predicted octanol–water partition coefficient (Wildman–Crippen LogP) is 0.0773. The lowest BCUT2D eigenvalue weighted by atomic mass is 10.3. The van der Waals surface area contributed by atoms with Gasteiger partial charge in [0.15, 0.2) is 0 Å². The molecule has 46 valence electrons. The molecule has 1 amide bonds. The summed E-state index contributed by atoms with van der Waals surface area (Å²) in [6.45, 7) is -0.395. The van der Waals surface area contributed by atoms with Crippen molar-refractivity contribution in [2.24, 2.45) is 17.6 Å². The minimum atomic E-state index is -0.395. The molecule has 0 aromatic heterocycles. The van der Waals surface area contributed by atoms with Crippen molar-refractivity contribution in [3.8, 4) is 0 Å². The molecular formula is C5H8FNO. The highest BCUT2D eigenvalue weighted by Gasteiger charge is 2.41. The lowest BCUT2D eigenvalue weighted by Crippen LogP contribution is -2.14. The van der Waals surface area contributed by atoms with Gasteiger partial charge in [0.2, 0.25) is 5.91 Å². The molecule has 0 aromatic rings. The summed E-state index contributed by atoms with van der Waals surface area (Å²) in [4.78, 5) is 10.2. The Hall–Kier alpha value is -0.600. The standard InChI is InChI=1S/C5H8FNO/c6-2-3-1-4(3)5(7)8/h3-4H,1-2H2,(H2,7,8). The maximum atomic E-state index is 11.6. The number of halogens is 1. The van der Waals surface area contributed by atoms with Crippen molar-refractivity contribution in [2.45, 2.75) is 6.42 Å². The summed E-state index contributed by atoms with van der Waals surface area (Å²) in [6, 6.07) is 0. The fourth-order valence-corrected chi connectivity index (χ4v) is 0.767. The zero-order valence-corrected chi connectivity index (χ0v) is 4.43. The fourth-order valence-electron chi connectivity index (χ4n) is 0.767. The Morgan fingerprint density at radius 2 is 2.50 bits per heavy atom. The third kappa shape index (κ3) is 0.804. The normalized spacial score (nSPS) is 34.6. The van der Waals surface area contributed by atoms with Crippen LogP contribution >= 0.6 is 0 Å². The van der Waals surface area contributed by atoms with E-state index in [9.17, 15) is 9.18 Å². The molecule has 0 radical (unpaired) electrons. The molecule has 2 N–H and O–H groups in total. The molecule has 0 heterocycles. The summed E-state index contributed by atoms with van der Waals surface area (Å²) in [5, 5.41) is 0. The minimum Gasteiger partial charge on any atom is -0.369 e. The number of amides is 1. The Morgan fingerprint density at radius 3 is 2.62 bits per heavy atom. The molecule has 2 nitrogen and oxygen atoms in total. The molecule has 0 spiro atoms. The number of primary amides is 1. The molecule has 2 atom stereocenters. The Labute approximate surface area is 46.9 Å². The van der Waals surface area contributed by atoms with E-state index >= 15 is 0 Å². The molecule has 1 aliphatic carbocycles. The van der Waals surface area contributed by atoms with Crippen molar-refractivity contribution in [3.05, 3.63) is 0 Å². The fraction of sp³-hybridized carbons (Fsp3) is 0.800. The van der Waals surface area contributed by atoms with Crippen molar-refractivity contribution < 1.29 is 9.18 Å². The first-order valence-electron chi connectivity index (χ1n) is 2.61. The number of rotatable bonds is 2. The molecule has 0 aliphatic heterocycles. The van der Waals surface area contributed by atoms with Gasteiger partial charge in [0.25, 0.3) is 0 Å². The SMILES string of the molecule is NC(=O)C1CC1CF. The second-order valence-electron chi connectivity index (χ2n) is 2.16. The maximum Gasteiger partial charge on any atom is 0.220 e. The van der Waals surface area contributed by atoms with E-state index in [0.29, 0.717) is 6.42 Å². The largest absolute Gasteiger partial charge is 0.369 e. The van der Waals surface area contributed by atoms with Crippen LogP contribution in [0.25, 0.3) is 0 Å². The molecule has 1 aliphatic rings. The summed E-state index contributed by atoms with van der Waals surface area (Å²) in [6.07, 6.45) is 0.659. The number of hydrogen-bond donors (Lipinski definition) is 1. The molecule has 2 unspecified atom stereocenters. The number of carbonyl (C=O) groups excluding carboxylic acids is 1. The molecule has 0 bridgehead atoms. The summed E-state index contributed by atoms with van der Waals surface area (Å²) in [7, 11) is 0. The lowest BCUT2D eigenvalue weighted by Gasteiger charge is -1.84. The first-order chi connectivity index (χ1) is 3.75. The highest BCUT2D eigenvalue weighted by molar-refractivity contribution is 5.79. The Morgan fingerprint density at radius 1 is 1.88 bits per heavy atom. The van der Waals surface area contributed by atoms with Crippen LogP contribution < -0.4 is 5.73 Å². The molecule has 1 saturated carbocycles. The average Bonchev–Trinajstić information content (AvgIpc) is 2.42. The Bertz CT molecular complexity index is 115. The predicted molar refractivity (Wildman–Crippen MR) is 26.8 cm³/mol. The van der Waals surface area contributed by atoms with Gasteiger partial charge in [-0.1, -0.05) is 0 Å². The van der Waals surface area contributed by atoms with Crippen LogP contribution in [0.1, 0.15) is 6.42 Å². The van der Waals surface area contributed by atoms with Crippen molar-refractivity contribution in [2.75, 3.05) is 6.67 Å². The number of alkyl halides is 1. The quantitative estimate of drug-likeness (QED) is 0.546. The van der Waals surface area contributed by atoms with Crippen LogP contribution in [0.3, 0.4) is 0 Å². The zero-order chi connectivity index (χ0) is 6.15. The van der Waals surface area contributed by atoms with Crippen molar-refractivity contribution in [3.63, 3.8) is 0 Å². The molecule has 1 fully saturated rings. The first-order valence-corrected chi connectivity index (χ1v) is 2.61. The van der Waals surface area contributed by atoms with Crippen LogP contribution in [0, 0.1) is 11.8 Å². The monoisotopic (exact) mass is 117 g/mol. The molecule has 3 heteroatoms. The number of nitrogens with two attached hydrogens (primary N) is 1. The number of hydrogen-bond acceptors (Lipinski definition) is 1. The summed E-state index contributed by atoms with van der Waals surface area (Å²) < 4.78 is 11.6. The summed E-state index contributed by atoms with van der Waals surface area (Å²) in [5.41, 5.74) is 4.86. The van der Waals surface area contributed by atoms with E-state index in [0.717, 1.165) is 0 Å². The molecule has 1 rings (SSSR count). The number of carbonyl (C=O) groups is 1. The van der Waals surface area contributed by atoms with Gasteiger partial charge in [-0.15, -0.1) is 0 Å². The Kier molecular flexibility index (Phi) is 1.19. The van der Waals surface area contributed by atoms with Crippen molar-refractivity contribution >= 4 is 5.91 Å². The molecule has 0 aromatic carbocycles. The van der Waals surface area contributed by atoms with Crippen molar-refractivity contribution in [1.82, 2.24) is 0 Å². The maximum absolute atomic E-state index is 11.6. The highest BCUT2D eigenvalue weighted by Crippen LogP contribution is 2.37. The van der Waals surface area contributed by atoms with Crippen molar-refractivity contribution in [1.29, 1.82) is 0 Å². The summed E-state index contributed by atoms with van der Waals surface area (Å²) in [5.74, 6) is -0.555. The van der Waals surface area contributed by atoms with Gasteiger partial charge in [-0.3, -0.25) is 9.18 Å². The van der Waals surface area contributed by atoms with Crippen LogP contribution in [0.5, 0.6) is 0 Å². The van der Waals surface area contributed by atoms with Gasteiger partial charge >= 0.3 is 0 Å². The van der Waals surface area contributed by atoms with Gasteiger partial charge in [-0.05, 0) is 12.3 Å². The smallest absolute Gasteiger partial charge is 0.220 e. The van der Waals surface area contributed by atoms with Crippen LogP contribution in [0.4, 0.5) is 4.39 Å². The zero-order valence-electron chi connectivity index (χ0n) is 4.43. The van der Waals surface area contributed by atoms with Crippen LogP contribution in [-0.2, 0) is 4.79 Å². The average molecular weight is 117 g/mol. The Balaban J connectivity index is 2.26. The third-order valence-electron chi connectivity index (χ3n) is 1.49. The highest BCUT2D eigenvalue weighted by atomic mass is 19.1. The van der Waals surface area contributed by atoms with E-state index in [1.807, 2.05) is 0 Å². The van der Waals surface area contributed by atoms with Crippen LogP contribution in [0.15, 0.2) is 0 Å². The minimum absolute atomic E-state index is 0.0486. The van der Waals surface area contributed by atoms with Gasteiger partial charge in [0.1, 0.15) is 0 Å². The van der Waals surface area contributed by atoms with Crippen LogP contribution in [-0.4, -0.2) is 12.6 Å². The molecular weight excluding hydrogens is 109 g/mol. The van der Waals surface area contributed by atoms with Gasteiger partial charge < -0.3 is 5.73 Å². The van der Waals surface area contributed by atoms with Gasteiger partial charge in [-0.2, -0.15) is 0 Å². The second kappa shape index (κ2) is 1.73. The van der Waals surface area contributed by atoms with Gasteiger partial charge in [0.05, 0.1) is 6.67 Å². The molecule has 8 heavy (non-hydrogen) atoms. The van der Waals surface area contributed by atoms with E-state index in [1.165, 1.54) is 0 Å². The van der Waals surface area contributed by atoms with Crippen LogP contribution in [0.2, 0.25) is 0 Å². The van der Waals surface area contributed by atoms with Gasteiger partial charge in [-0.25, -0.2) is 0 Å². The van der Waals surface area contributed by atoms with E-state index in [4.69, 9.17) is 5.73 Å². The first kappa shape index (κ1) is 5.54. The van der Waals surface area contributed by atoms with E-state index in [1.54, 1.807) is 0 Å². The molecule has 0 saturated heterocycles. The van der Waals surface area contributed by atoms with E-state index in [2.05, 4.69) is 0 Å². The lowest BCUT2D eigenvalue weighted by molar-refractivity contribution is -0.119. The van der Waals surface area contributed by atoms with E-state index in [-0.39, 0.29) is 17.7 Å². The van der Waals surface area contributed by atoms with E-state index < -0.39 is 6.67 Å². The van der Waals surface area contributed by atoms with Gasteiger partial charge in [0, 0.05) is 5.92 Å². The second-order valence-corrected chi connectivity index (χ2v) is 2.16.